The number of aromatic amines is 1. The zero-order valence-corrected chi connectivity index (χ0v) is 16.2. The Hall–Kier alpha value is -1.74. The zero-order valence-electron chi connectivity index (χ0n) is 14.5. The summed E-state index contributed by atoms with van der Waals surface area (Å²) in [5.74, 6) is 0.641. The van der Waals surface area contributed by atoms with E-state index in [1.807, 2.05) is 41.5 Å². The van der Waals surface area contributed by atoms with Crippen LogP contribution in [-0.2, 0) is 5.54 Å². The Morgan fingerprint density at radius 3 is 2.67 bits per heavy atom. The van der Waals surface area contributed by atoms with Gasteiger partial charge in [-0.25, -0.2) is 9.67 Å². The van der Waals surface area contributed by atoms with Crippen molar-refractivity contribution in [3.8, 4) is 0 Å². The molecular formula is C15H20N6OS2. The summed E-state index contributed by atoms with van der Waals surface area (Å²) in [5, 5.41) is 13.3. The van der Waals surface area contributed by atoms with E-state index >= 15 is 0 Å². The molecule has 0 radical (unpaired) electrons. The van der Waals surface area contributed by atoms with Gasteiger partial charge in [0.1, 0.15) is 10.7 Å². The number of thioether (sulfide) groups is 1. The lowest BCUT2D eigenvalue weighted by Crippen LogP contribution is -2.24. The summed E-state index contributed by atoms with van der Waals surface area (Å²) in [7, 11) is 0. The molecule has 1 atom stereocenters. The van der Waals surface area contributed by atoms with Gasteiger partial charge in [0.05, 0.1) is 16.2 Å². The Labute approximate surface area is 147 Å². The number of aryl methyl sites for hydroxylation is 2. The molecule has 7 nitrogen and oxygen atoms in total. The molecule has 0 aliphatic carbocycles. The lowest BCUT2D eigenvalue weighted by molar-refractivity contribution is 0.321. The van der Waals surface area contributed by atoms with Crippen LogP contribution in [-0.4, -0.2) is 30.2 Å². The van der Waals surface area contributed by atoms with Crippen molar-refractivity contribution < 1.29 is 0 Å². The van der Waals surface area contributed by atoms with Gasteiger partial charge in [-0.15, -0.1) is 16.4 Å². The van der Waals surface area contributed by atoms with Crippen LogP contribution >= 0.6 is 23.1 Å². The highest BCUT2D eigenvalue weighted by Gasteiger charge is 2.23. The molecule has 3 aromatic rings. The zero-order chi connectivity index (χ0) is 17.6. The second-order valence-electron chi connectivity index (χ2n) is 6.72. The first-order chi connectivity index (χ1) is 11.2. The van der Waals surface area contributed by atoms with Crippen LogP contribution in [0.25, 0.3) is 10.2 Å². The SMILES string of the molecule is Cc1sc2nc([C@H](C)Sc3nnnn3C(C)(C)C)[nH]c(=O)c2c1C. The van der Waals surface area contributed by atoms with E-state index in [2.05, 4.69) is 25.5 Å². The van der Waals surface area contributed by atoms with Crippen LogP contribution in [0, 0.1) is 13.8 Å². The fourth-order valence-corrected chi connectivity index (χ4v) is 4.42. The standard InChI is InChI=1S/C15H20N6OS2/c1-7-8(2)23-13-10(7)12(22)16-11(17-13)9(3)24-14-18-19-20-21(14)15(4,5)6/h9H,1-6H3,(H,16,17,22)/t9-/m0/s1. The van der Waals surface area contributed by atoms with Gasteiger partial charge in [0, 0.05) is 4.88 Å². The predicted octanol–water partition coefficient (Wildman–Crippen LogP) is 3.20. The fourth-order valence-electron chi connectivity index (χ4n) is 2.35. The third kappa shape index (κ3) is 2.98. The smallest absolute Gasteiger partial charge is 0.259 e. The van der Waals surface area contributed by atoms with Crippen LogP contribution in [0.2, 0.25) is 0 Å². The summed E-state index contributed by atoms with van der Waals surface area (Å²) in [6, 6.07) is 0. The number of H-pyrrole nitrogens is 1. The molecule has 0 amide bonds. The van der Waals surface area contributed by atoms with E-state index in [-0.39, 0.29) is 16.3 Å². The fraction of sp³-hybridized carbons (Fsp3) is 0.533. The van der Waals surface area contributed by atoms with E-state index < -0.39 is 0 Å². The van der Waals surface area contributed by atoms with Gasteiger partial charge in [-0.3, -0.25) is 4.79 Å². The van der Waals surface area contributed by atoms with Crippen LogP contribution in [0.5, 0.6) is 0 Å². The topological polar surface area (TPSA) is 89.3 Å². The molecule has 128 valence electrons. The molecule has 3 heterocycles. The van der Waals surface area contributed by atoms with Gasteiger partial charge in [-0.05, 0) is 57.5 Å². The van der Waals surface area contributed by atoms with Crippen LogP contribution in [0.1, 0.15) is 49.2 Å². The first-order valence-corrected chi connectivity index (χ1v) is 9.33. The number of hydrogen-bond acceptors (Lipinski definition) is 7. The lowest BCUT2D eigenvalue weighted by atomic mass is 10.1. The molecule has 9 heteroatoms. The van der Waals surface area contributed by atoms with Gasteiger partial charge in [0.15, 0.2) is 0 Å². The van der Waals surface area contributed by atoms with Crippen LogP contribution < -0.4 is 5.56 Å². The van der Waals surface area contributed by atoms with E-state index in [0.717, 1.165) is 15.3 Å². The maximum absolute atomic E-state index is 12.4. The summed E-state index contributed by atoms with van der Waals surface area (Å²) < 4.78 is 1.78. The van der Waals surface area contributed by atoms with Crippen LogP contribution in [0.15, 0.2) is 9.95 Å². The average Bonchev–Trinajstić information content (AvgIpc) is 3.04. The van der Waals surface area contributed by atoms with Crippen molar-refractivity contribution in [1.82, 2.24) is 30.2 Å². The Morgan fingerprint density at radius 1 is 1.29 bits per heavy atom. The quantitative estimate of drug-likeness (QED) is 0.718. The highest BCUT2D eigenvalue weighted by molar-refractivity contribution is 7.99. The molecule has 0 saturated carbocycles. The van der Waals surface area contributed by atoms with Crippen molar-refractivity contribution in [2.75, 3.05) is 0 Å². The molecule has 1 N–H and O–H groups in total. The van der Waals surface area contributed by atoms with Crippen molar-refractivity contribution in [3.63, 3.8) is 0 Å². The Balaban J connectivity index is 1.97. The van der Waals surface area contributed by atoms with Crippen molar-refractivity contribution in [2.45, 2.75) is 57.5 Å². The molecule has 0 aromatic carbocycles. The monoisotopic (exact) mass is 364 g/mol. The van der Waals surface area contributed by atoms with Gasteiger partial charge < -0.3 is 4.98 Å². The van der Waals surface area contributed by atoms with Gasteiger partial charge in [0.25, 0.3) is 5.56 Å². The van der Waals surface area contributed by atoms with E-state index in [1.165, 1.54) is 11.8 Å². The number of hydrogen-bond donors (Lipinski definition) is 1. The van der Waals surface area contributed by atoms with E-state index in [4.69, 9.17) is 0 Å². The molecule has 0 aliphatic rings. The molecule has 0 aliphatic heterocycles. The third-order valence-electron chi connectivity index (χ3n) is 3.80. The second-order valence-corrected chi connectivity index (χ2v) is 9.23. The number of thiophene rings is 1. The highest BCUT2D eigenvalue weighted by atomic mass is 32.2. The molecule has 0 spiro atoms. The average molecular weight is 365 g/mol. The van der Waals surface area contributed by atoms with Crippen molar-refractivity contribution in [3.05, 3.63) is 26.6 Å². The Morgan fingerprint density at radius 2 is 2.00 bits per heavy atom. The van der Waals surface area contributed by atoms with Gasteiger partial charge in [-0.2, -0.15) is 0 Å². The van der Waals surface area contributed by atoms with E-state index in [0.29, 0.717) is 16.4 Å². The van der Waals surface area contributed by atoms with E-state index in [1.54, 1.807) is 16.0 Å². The first kappa shape index (κ1) is 17.1. The van der Waals surface area contributed by atoms with Gasteiger partial charge >= 0.3 is 0 Å². The van der Waals surface area contributed by atoms with Crippen molar-refractivity contribution >= 4 is 33.3 Å². The predicted molar refractivity (Wildman–Crippen MR) is 96.8 cm³/mol. The molecule has 3 rings (SSSR count). The molecule has 0 unspecified atom stereocenters. The maximum atomic E-state index is 12.4. The number of tetrazole rings is 1. The first-order valence-electron chi connectivity index (χ1n) is 7.64. The minimum absolute atomic E-state index is 0.0723. The second kappa shape index (κ2) is 5.96. The largest absolute Gasteiger partial charge is 0.309 e. The summed E-state index contributed by atoms with van der Waals surface area (Å²) in [4.78, 5) is 21.9. The number of rotatable bonds is 3. The summed E-state index contributed by atoms with van der Waals surface area (Å²) >= 11 is 3.04. The molecule has 0 fully saturated rings. The van der Waals surface area contributed by atoms with E-state index in [9.17, 15) is 4.79 Å². The maximum Gasteiger partial charge on any atom is 0.259 e. The number of nitrogens with zero attached hydrogens (tertiary/aromatic N) is 5. The number of fused-ring (bicyclic) bond motifs is 1. The highest BCUT2D eigenvalue weighted by Crippen LogP contribution is 2.34. The van der Waals surface area contributed by atoms with Gasteiger partial charge in [0.2, 0.25) is 5.16 Å². The molecule has 24 heavy (non-hydrogen) atoms. The van der Waals surface area contributed by atoms with Crippen molar-refractivity contribution in [2.24, 2.45) is 0 Å². The third-order valence-corrected chi connectivity index (χ3v) is 5.94. The summed E-state index contributed by atoms with van der Waals surface area (Å²) in [6.45, 7) is 12.1. The minimum atomic E-state index is -0.210. The number of nitrogens with one attached hydrogen (secondary N) is 1. The molecule has 0 saturated heterocycles. The molecule has 3 aromatic heterocycles. The Bertz CT molecular complexity index is 949. The van der Waals surface area contributed by atoms with Crippen molar-refractivity contribution in [1.29, 1.82) is 0 Å². The Kier molecular flexibility index (Phi) is 4.25. The van der Waals surface area contributed by atoms with Crippen LogP contribution in [0.3, 0.4) is 0 Å². The summed E-state index contributed by atoms with van der Waals surface area (Å²) in [6.07, 6.45) is 0. The summed E-state index contributed by atoms with van der Waals surface area (Å²) in [5.41, 5.74) is 0.713. The molecular weight excluding hydrogens is 344 g/mol. The number of aromatic nitrogens is 6. The van der Waals surface area contributed by atoms with Crippen LogP contribution in [0.4, 0.5) is 0 Å². The lowest BCUT2D eigenvalue weighted by Gasteiger charge is -2.20. The normalized spacial score (nSPS) is 13.6. The molecule has 0 bridgehead atoms. The minimum Gasteiger partial charge on any atom is -0.309 e. The van der Waals surface area contributed by atoms with Gasteiger partial charge in [-0.1, -0.05) is 11.8 Å².